The summed E-state index contributed by atoms with van der Waals surface area (Å²) in [6.07, 6.45) is 4.07. The Hall–Kier alpha value is -2.24. The Morgan fingerprint density at radius 3 is 2.50 bits per heavy atom. The summed E-state index contributed by atoms with van der Waals surface area (Å²) in [7, 11) is 5.43. The molecule has 0 unspecified atom stereocenters. The highest BCUT2D eigenvalue weighted by Crippen LogP contribution is 2.38. The number of carbonyl (C=O) groups is 1. The van der Waals surface area contributed by atoms with Crippen LogP contribution in [0.4, 0.5) is 0 Å². The maximum atomic E-state index is 12.7. The summed E-state index contributed by atoms with van der Waals surface area (Å²) in [6, 6.07) is 8.06. The molecule has 0 heterocycles. The Bertz CT molecular complexity index is 664. The van der Waals surface area contributed by atoms with Gasteiger partial charge < -0.3 is 20.3 Å². The van der Waals surface area contributed by atoms with E-state index in [0.29, 0.717) is 31.6 Å². The van der Waals surface area contributed by atoms with E-state index in [1.807, 2.05) is 32.3 Å². The van der Waals surface area contributed by atoms with Gasteiger partial charge in [-0.3, -0.25) is 9.79 Å². The minimum atomic E-state index is -0.320. The minimum Gasteiger partial charge on any atom is -0.493 e. The van der Waals surface area contributed by atoms with Crippen LogP contribution < -0.4 is 15.4 Å². The Labute approximate surface area is 169 Å². The summed E-state index contributed by atoms with van der Waals surface area (Å²) in [5.74, 6) is 2.29. The first-order valence-corrected chi connectivity index (χ1v) is 10.2. The van der Waals surface area contributed by atoms with Crippen LogP contribution in [-0.2, 0) is 11.3 Å². The summed E-state index contributed by atoms with van der Waals surface area (Å²) in [5, 5.41) is 6.74. The van der Waals surface area contributed by atoms with E-state index in [4.69, 9.17) is 4.74 Å². The van der Waals surface area contributed by atoms with Gasteiger partial charge in [0, 0.05) is 39.8 Å². The van der Waals surface area contributed by atoms with E-state index in [2.05, 4.69) is 35.5 Å². The SMILES string of the molecule is CN=C(NCc1ccccc1OCC(C)C)NCC1(C(=O)N(C)C)CCCC1. The Kier molecular flexibility index (Phi) is 8.15. The lowest BCUT2D eigenvalue weighted by Crippen LogP contribution is -2.49. The van der Waals surface area contributed by atoms with Gasteiger partial charge in [-0.2, -0.15) is 0 Å². The standard InChI is InChI=1S/C22H36N4O2/c1-17(2)15-28-19-11-7-6-10-18(19)14-24-21(23-3)25-16-22(12-8-9-13-22)20(27)26(4)5/h6-7,10-11,17H,8-9,12-16H2,1-5H3,(H2,23,24,25). The van der Waals surface area contributed by atoms with Gasteiger partial charge in [0.2, 0.25) is 5.91 Å². The van der Waals surface area contributed by atoms with Crippen molar-refractivity contribution in [2.45, 2.75) is 46.1 Å². The van der Waals surface area contributed by atoms with Crippen LogP contribution in [0.2, 0.25) is 0 Å². The molecule has 0 saturated heterocycles. The van der Waals surface area contributed by atoms with Crippen molar-refractivity contribution in [3.8, 4) is 5.75 Å². The maximum absolute atomic E-state index is 12.7. The van der Waals surface area contributed by atoms with Crippen molar-refractivity contribution < 1.29 is 9.53 Å². The molecule has 2 rings (SSSR count). The lowest BCUT2D eigenvalue weighted by atomic mass is 9.84. The molecule has 1 aromatic carbocycles. The van der Waals surface area contributed by atoms with Crippen LogP contribution in [0.5, 0.6) is 5.75 Å². The number of nitrogens with zero attached hydrogens (tertiary/aromatic N) is 2. The molecule has 0 atom stereocenters. The number of aliphatic imine (C=N–C) groups is 1. The van der Waals surface area contributed by atoms with Crippen LogP contribution in [0.3, 0.4) is 0 Å². The van der Waals surface area contributed by atoms with Gasteiger partial charge in [0.05, 0.1) is 12.0 Å². The highest BCUT2D eigenvalue weighted by Gasteiger charge is 2.42. The highest BCUT2D eigenvalue weighted by molar-refractivity contribution is 5.85. The van der Waals surface area contributed by atoms with Crippen LogP contribution in [0.15, 0.2) is 29.3 Å². The lowest BCUT2D eigenvalue weighted by molar-refractivity contribution is -0.138. The third kappa shape index (κ3) is 5.88. The molecular weight excluding hydrogens is 352 g/mol. The average molecular weight is 389 g/mol. The van der Waals surface area contributed by atoms with Crippen molar-refractivity contribution in [1.29, 1.82) is 0 Å². The van der Waals surface area contributed by atoms with E-state index in [-0.39, 0.29) is 11.3 Å². The van der Waals surface area contributed by atoms with E-state index >= 15 is 0 Å². The molecule has 1 aromatic rings. The Morgan fingerprint density at radius 2 is 1.89 bits per heavy atom. The number of ether oxygens (including phenoxy) is 1. The monoisotopic (exact) mass is 388 g/mol. The first-order valence-electron chi connectivity index (χ1n) is 10.2. The predicted octanol–water partition coefficient (Wildman–Crippen LogP) is 3.04. The van der Waals surface area contributed by atoms with Gasteiger partial charge in [-0.15, -0.1) is 0 Å². The summed E-state index contributed by atoms with van der Waals surface area (Å²) in [5.41, 5.74) is 0.769. The quantitative estimate of drug-likeness (QED) is 0.531. The molecule has 1 saturated carbocycles. The van der Waals surface area contributed by atoms with Crippen molar-refractivity contribution in [1.82, 2.24) is 15.5 Å². The summed E-state index contributed by atoms with van der Waals surface area (Å²) in [6.45, 7) is 6.19. The van der Waals surface area contributed by atoms with Gasteiger partial charge in [0.1, 0.15) is 5.75 Å². The topological polar surface area (TPSA) is 66.0 Å². The number of benzene rings is 1. The first-order chi connectivity index (χ1) is 13.4. The second kappa shape index (κ2) is 10.3. The van der Waals surface area contributed by atoms with Gasteiger partial charge in [-0.25, -0.2) is 0 Å². The third-order valence-electron chi connectivity index (χ3n) is 5.23. The lowest BCUT2D eigenvalue weighted by Gasteiger charge is -2.31. The second-order valence-corrected chi connectivity index (χ2v) is 8.28. The maximum Gasteiger partial charge on any atom is 0.230 e. The summed E-state index contributed by atoms with van der Waals surface area (Å²) < 4.78 is 5.93. The number of para-hydroxylation sites is 1. The number of guanidine groups is 1. The molecule has 0 radical (unpaired) electrons. The summed E-state index contributed by atoms with van der Waals surface area (Å²) in [4.78, 5) is 18.8. The van der Waals surface area contributed by atoms with Crippen molar-refractivity contribution in [2.24, 2.45) is 16.3 Å². The number of nitrogens with one attached hydrogen (secondary N) is 2. The second-order valence-electron chi connectivity index (χ2n) is 8.28. The van der Waals surface area contributed by atoms with Crippen LogP contribution in [0.1, 0.15) is 45.1 Å². The van der Waals surface area contributed by atoms with Gasteiger partial charge in [0.15, 0.2) is 5.96 Å². The number of amides is 1. The molecule has 0 spiro atoms. The van der Waals surface area contributed by atoms with Crippen LogP contribution in [0, 0.1) is 11.3 Å². The average Bonchev–Trinajstić information content (AvgIpc) is 3.16. The molecule has 156 valence electrons. The fourth-order valence-electron chi connectivity index (χ4n) is 3.69. The van der Waals surface area contributed by atoms with Crippen molar-refractivity contribution in [3.63, 3.8) is 0 Å². The number of rotatable bonds is 8. The van der Waals surface area contributed by atoms with Crippen LogP contribution in [-0.4, -0.2) is 51.1 Å². The first kappa shape index (κ1) is 22.1. The largest absolute Gasteiger partial charge is 0.493 e. The third-order valence-corrected chi connectivity index (χ3v) is 5.23. The smallest absolute Gasteiger partial charge is 0.230 e. The minimum absolute atomic E-state index is 0.209. The molecular formula is C22H36N4O2. The zero-order chi connectivity index (χ0) is 20.6. The van der Waals surface area contributed by atoms with Gasteiger partial charge in [-0.1, -0.05) is 44.9 Å². The van der Waals surface area contributed by atoms with Crippen LogP contribution >= 0.6 is 0 Å². The zero-order valence-electron chi connectivity index (χ0n) is 18.0. The highest BCUT2D eigenvalue weighted by atomic mass is 16.5. The Balaban J connectivity index is 1.96. The molecule has 28 heavy (non-hydrogen) atoms. The molecule has 6 heteroatoms. The van der Waals surface area contributed by atoms with Crippen molar-refractivity contribution in [3.05, 3.63) is 29.8 Å². The Morgan fingerprint density at radius 1 is 1.21 bits per heavy atom. The van der Waals surface area contributed by atoms with E-state index in [9.17, 15) is 4.79 Å². The van der Waals surface area contributed by atoms with Gasteiger partial charge >= 0.3 is 0 Å². The molecule has 0 aromatic heterocycles. The summed E-state index contributed by atoms with van der Waals surface area (Å²) >= 11 is 0. The molecule has 0 aliphatic heterocycles. The van der Waals surface area contributed by atoms with Crippen molar-refractivity contribution >= 4 is 11.9 Å². The molecule has 1 amide bonds. The molecule has 1 fully saturated rings. The van der Waals surface area contributed by atoms with E-state index in [1.54, 1.807) is 11.9 Å². The molecule has 2 N–H and O–H groups in total. The predicted molar refractivity (Wildman–Crippen MR) is 115 cm³/mol. The zero-order valence-corrected chi connectivity index (χ0v) is 18.0. The molecule has 0 bridgehead atoms. The fraction of sp³-hybridized carbons (Fsp3) is 0.636. The molecule has 6 nitrogen and oxygen atoms in total. The molecule has 1 aliphatic rings. The normalized spacial score (nSPS) is 16.1. The van der Waals surface area contributed by atoms with E-state index < -0.39 is 0 Å². The van der Waals surface area contributed by atoms with Gasteiger partial charge in [0.25, 0.3) is 0 Å². The number of hydrogen-bond acceptors (Lipinski definition) is 3. The van der Waals surface area contributed by atoms with Gasteiger partial charge in [-0.05, 0) is 24.8 Å². The van der Waals surface area contributed by atoms with E-state index in [0.717, 1.165) is 37.0 Å². The van der Waals surface area contributed by atoms with Crippen molar-refractivity contribution in [2.75, 3.05) is 34.3 Å². The van der Waals surface area contributed by atoms with E-state index in [1.165, 1.54) is 0 Å². The molecule has 1 aliphatic carbocycles. The fourth-order valence-corrected chi connectivity index (χ4v) is 3.69. The van der Waals surface area contributed by atoms with Crippen LogP contribution in [0.25, 0.3) is 0 Å². The number of carbonyl (C=O) groups excluding carboxylic acids is 1. The number of hydrogen-bond donors (Lipinski definition) is 2.